The van der Waals surface area contributed by atoms with Crippen molar-refractivity contribution in [1.82, 2.24) is 10.2 Å². The molecule has 2 rings (SSSR count). The molecule has 23 heavy (non-hydrogen) atoms. The Morgan fingerprint density at radius 1 is 1.04 bits per heavy atom. The smallest absolute Gasteiger partial charge is 0.233 e. The van der Waals surface area contributed by atoms with Crippen molar-refractivity contribution < 1.29 is 8.42 Å². The minimum atomic E-state index is -3.35. The summed E-state index contributed by atoms with van der Waals surface area (Å²) < 4.78 is 26.1. The molecule has 0 saturated carbocycles. The Kier molecular flexibility index (Phi) is 5.92. The number of nitrogens with one attached hydrogen (secondary N) is 2. The Labute approximate surface area is 137 Å². The topological polar surface area (TPSA) is 84.0 Å². The predicted octanol–water partition coefficient (Wildman–Crippen LogP) is 3.19. The molecule has 1 atom stereocenters. The van der Waals surface area contributed by atoms with Crippen LogP contribution in [-0.2, 0) is 10.0 Å². The molecule has 0 fully saturated rings. The third kappa shape index (κ3) is 5.52. The van der Waals surface area contributed by atoms with Gasteiger partial charge in [0.15, 0.2) is 5.82 Å². The molecule has 0 saturated heterocycles. The summed E-state index contributed by atoms with van der Waals surface area (Å²) in [6.07, 6.45) is 1.45. The van der Waals surface area contributed by atoms with Crippen molar-refractivity contribution in [3.63, 3.8) is 0 Å². The average Bonchev–Trinajstić information content (AvgIpc) is 2.55. The molecule has 7 heteroatoms. The van der Waals surface area contributed by atoms with Crippen molar-refractivity contribution in [2.75, 3.05) is 15.8 Å². The zero-order chi connectivity index (χ0) is 16.7. The van der Waals surface area contributed by atoms with Gasteiger partial charge in [-0.2, -0.15) is 0 Å². The fourth-order valence-corrected chi connectivity index (χ4v) is 3.25. The van der Waals surface area contributed by atoms with Crippen LogP contribution in [0.25, 0.3) is 0 Å². The van der Waals surface area contributed by atoms with E-state index in [1.54, 1.807) is 12.1 Å². The van der Waals surface area contributed by atoms with Crippen LogP contribution >= 0.6 is 0 Å². The van der Waals surface area contributed by atoms with Gasteiger partial charge in [-0.3, -0.25) is 4.72 Å². The van der Waals surface area contributed by atoms with Crippen molar-refractivity contribution >= 4 is 21.7 Å². The minimum absolute atomic E-state index is 0.0811. The second kappa shape index (κ2) is 7.92. The number of anilines is 2. The van der Waals surface area contributed by atoms with Gasteiger partial charge in [-0.05, 0) is 31.0 Å². The van der Waals surface area contributed by atoms with Gasteiger partial charge in [0.2, 0.25) is 10.0 Å². The Morgan fingerprint density at radius 2 is 1.70 bits per heavy atom. The zero-order valence-electron chi connectivity index (χ0n) is 13.4. The second-order valence-electron chi connectivity index (χ2n) is 5.36. The van der Waals surface area contributed by atoms with Gasteiger partial charge >= 0.3 is 0 Å². The highest BCUT2D eigenvalue weighted by atomic mass is 32.2. The summed E-state index contributed by atoms with van der Waals surface area (Å²) in [4.78, 5) is 0. The van der Waals surface area contributed by atoms with Crippen LogP contribution in [0.15, 0.2) is 42.5 Å². The largest absolute Gasteiger partial charge is 0.362 e. The van der Waals surface area contributed by atoms with Crippen LogP contribution < -0.4 is 10.0 Å². The van der Waals surface area contributed by atoms with E-state index in [0.29, 0.717) is 12.2 Å². The van der Waals surface area contributed by atoms with Gasteiger partial charge in [-0.15, -0.1) is 10.2 Å². The maximum Gasteiger partial charge on any atom is 0.233 e. The lowest BCUT2D eigenvalue weighted by atomic mass is 10.1. The van der Waals surface area contributed by atoms with Gasteiger partial charge in [0, 0.05) is 6.04 Å². The van der Waals surface area contributed by atoms with Crippen LogP contribution in [0.2, 0.25) is 0 Å². The van der Waals surface area contributed by atoms with Crippen molar-refractivity contribution in [2.24, 2.45) is 0 Å². The molecule has 0 aliphatic heterocycles. The fourth-order valence-electron chi connectivity index (χ4n) is 2.06. The van der Waals surface area contributed by atoms with Gasteiger partial charge < -0.3 is 5.32 Å². The van der Waals surface area contributed by atoms with Crippen LogP contribution in [0.4, 0.5) is 11.6 Å². The van der Waals surface area contributed by atoms with Crippen molar-refractivity contribution in [3.8, 4) is 0 Å². The summed E-state index contributed by atoms with van der Waals surface area (Å²) in [5.74, 6) is 0.924. The van der Waals surface area contributed by atoms with Crippen LogP contribution in [0.3, 0.4) is 0 Å². The highest BCUT2D eigenvalue weighted by Crippen LogP contribution is 2.17. The molecular formula is C16H22N4O2S. The summed E-state index contributed by atoms with van der Waals surface area (Å²) >= 11 is 0. The van der Waals surface area contributed by atoms with E-state index in [2.05, 4.69) is 20.2 Å². The summed E-state index contributed by atoms with van der Waals surface area (Å²) in [5.41, 5.74) is 1.14. The Balaban J connectivity index is 1.97. The molecule has 6 nitrogen and oxygen atoms in total. The van der Waals surface area contributed by atoms with Gasteiger partial charge in [-0.25, -0.2) is 8.42 Å². The molecule has 0 aliphatic rings. The molecular weight excluding hydrogens is 312 g/mol. The number of sulfonamides is 1. The van der Waals surface area contributed by atoms with Crippen molar-refractivity contribution in [2.45, 2.75) is 32.7 Å². The first kappa shape index (κ1) is 17.2. The van der Waals surface area contributed by atoms with E-state index in [1.165, 1.54) is 0 Å². The summed E-state index contributed by atoms with van der Waals surface area (Å²) in [6, 6.07) is 13.4. The third-order valence-electron chi connectivity index (χ3n) is 3.36. The number of hydrogen-bond donors (Lipinski definition) is 2. The number of hydrogen-bond acceptors (Lipinski definition) is 5. The molecule has 1 heterocycles. The molecule has 0 radical (unpaired) electrons. The van der Waals surface area contributed by atoms with E-state index in [9.17, 15) is 8.42 Å². The van der Waals surface area contributed by atoms with Crippen molar-refractivity contribution in [1.29, 1.82) is 0 Å². The summed E-state index contributed by atoms with van der Waals surface area (Å²) in [6.45, 7) is 3.97. The van der Waals surface area contributed by atoms with E-state index in [4.69, 9.17) is 0 Å². The van der Waals surface area contributed by atoms with E-state index < -0.39 is 10.0 Å². The number of rotatable bonds is 8. The summed E-state index contributed by atoms with van der Waals surface area (Å²) in [5, 5.41) is 11.2. The van der Waals surface area contributed by atoms with Crippen LogP contribution in [0, 0.1) is 0 Å². The number of nitrogens with zero attached hydrogens (tertiary/aromatic N) is 2. The quantitative estimate of drug-likeness (QED) is 0.774. The Hall–Kier alpha value is -2.15. The van der Waals surface area contributed by atoms with Crippen LogP contribution in [-0.4, -0.2) is 24.4 Å². The summed E-state index contributed by atoms with van der Waals surface area (Å²) in [7, 11) is -3.35. The second-order valence-corrected chi connectivity index (χ2v) is 7.20. The van der Waals surface area contributed by atoms with Crippen molar-refractivity contribution in [3.05, 3.63) is 48.0 Å². The standard InChI is InChI=1S/C16H22N4O2S/c1-3-4-12-23(21,22)20-16-11-10-15(18-19-16)17-13(2)14-8-6-5-7-9-14/h5-11,13H,3-4,12H2,1-2H3,(H,17,18)(H,19,20). The average molecular weight is 334 g/mol. The maximum atomic E-state index is 11.8. The Bertz CT molecular complexity index is 703. The number of benzene rings is 1. The van der Waals surface area contributed by atoms with Gasteiger partial charge in [-0.1, -0.05) is 43.7 Å². The minimum Gasteiger partial charge on any atom is -0.362 e. The van der Waals surface area contributed by atoms with Gasteiger partial charge in [0.05, 0.1) is 5.75 Å². The first-order valence-corrected chi connectivity index (χ1v) is 9.31. The monoisotopic (exact) mass is 334 g/mol. The zero-order valence-corrected chi connectivity index (χ0v) is 14.2. The first-order valence-electron chi connectivity index (χ1n) is 7.66. The Morgan fingerprint density at radius 3 is 2.30 bits per heavy atom. The molecule has 1 aromatic carbocycles. The highest BCUT2D eigenvalue weighted by Gasteiger charge is 2.11. The highest BCUT2D eigenvalue weighted by molar-refractivity contribution is 7.92. The number of aromatic nitrogens is 2. The third-order valence-corrected chi connectivity index (χ3v) is 4.70. The SMILES string of the molecule is CCCCS(=O)(=O)Nc1ccc(NC(C)c2ccccc2)nn1. The van der Waals surface area contributed by atoms with E-state index in [1.807, 2.05) is 44.2 Å². The number of unbranched alkanes of at least 4 members (excludes halogenated alkanes) is 1. The molecule has 1 unspecified atom stereocenters. The van der Waals surface area contributed by atoms with E-state index in [0.717, 1.165) is 12.0 Å². The normalized spacial score (nSPS) is 12.6. The molecule has 124 valence electrons. The van der Waals surface area contributed by atoms with Crippen LogP contribution in [0.1, 0.15) is 38.3 Å². The van der Waals surface area contributed by atoms with E-state index >= 15 is 0 Å². The fraction of sp³-hybridized carbons (Fsp3) is 0.375. The lowest BCUT2D eigenvalue weighted by Crippen LogP contribution is -2.18. The predicted molar refractivity (Wildman–Crippen MR) is 92.8 cm³/mol. The lowest BCUT2D eigenvalue weighted by molar-refractivity contribution is 0.597. The van der Waals surface area contributed by atoms with Gasteiger partial charge in [0.25, 0.3) is 0 Å². The molecule has 2 N–H and O–H groups in total. The molecule has 0 aliphatic carbocycles. The lowest BCUT2D eigenvalue weighted by Gasteiger charge is -2.14. The molecule has 0 spiro atoms. The van der Waals surface area contributed by atoms with Crippen LogP contribution in [0.5, 0.6) is 0 Å². The molecule has 0 amide bonds. The first-order chi connectivity index (χ1) is 11.0. The maximum absolute atomic E-state index is 11.8. The molecule has 1 aromatic heterocycles. The molecule has 2 aromatic rings. The van der Waals surface area contributed by atoms with E-state index in [-0.39, 0.29) is 17.6 Å². The molecule has 0 bridgehead atoms. The van der Waals surface area contributed by atoms with Gasteiger partial charge in [0.1, 0.15) is 5.82 Å².